The van der Waals surface area contributed by atoms with E-state index in [0.717, 1.165) is 22.4 Å². The van der Waals surface area contributed by atoms with Gasteiger partial charge in [-0.05, 0) is 35.7 Å². The van der Waals surface area contributed by atoms with Crippen LogP contribution in [-0.2, 0) is 6.42 Å². The lowest BCUT2D eigenvalue weighted by molar-refractivity contribution is 0.626. The van der Waals surface area contributed by atoms with Gasteiger partial charge in [0.25, 0.3) is 0 Å². The van der Waals surface area contributed by atoms with Crippen molar-refractivity contribution in [1.29, 1.82) is 0 Å². The summed E-state index contributed by atoms with van der Waals surface area (Å²) in [7, 11) is 0. The first-order chi connectivity index (χ1) is 7.25. The van der Waals surface area contributed by atoms with Crippen LogP contribution in [0, 0.1) is 5.82 Å². The molecule has 2 aromatic rings. The maximum Gasteiger partial charge on any atom is 0.123 e. The number of hydrogen-bond acceptors (Lipinski definition) is 1. The normalized spacial score (nSPS) is 10.3. The molecule has 0 heterocycles. The molecule has 2 aromatic carbocycles. The van der Waals surface area contributed by atoms with E-state index in [1.807, 2.05) is 30.3 Å². The summed E-state index contributed by atoms with van der Waals surface area (Å²) in [6, 6.07) is 14.5. The molecule has 0 spiro atoms. The molecule has 0 bridgehead atoms. The summed E-state index contributed by atoms with van der Waals surface area (Å²) in [5.74, 6) is -0.191. The fraction of sp³-hybridized carbons (Fsp3) is 0.0769. The molecule has 0 aliphatic heterocycles. The Labute approximate surface area is 94.2 Å². The highest BCUT2D eigenvalue weighted by Gasteiger charge is 2.00. The van der Waals surface area contributed by atoms with Crippen LogP contribution >= 0.6 is 12.6 Å². The van der Waals surface area contributed by atoms with Crippen LogP contribution in [0.3, 0.4) is 0 Å². The second-order valence-electron chi connectivity index (χ2n) is 3.44. The van der Waals surface area contributed by atoms with Crippen LogP contribution in [-0.4, -0.2) is 0 Å². The van der Waals surface area contributed by atoms with Crippen molar-refractivity contribution in [2.45, 2.75) is 11.3 Å². The quantitative estimate of drug-likeness (QED) is 0.730. The van der Waals surface area contributed by atoms with Crippen molar-refractivity contribution in [3.8, 4) is 0 Å². The maximum absolute atomic E-state index is 13.0. The van der Waals surface area contributed by atoms with E-state index in [9.17, 15) is 4.39 Å². The van der Waals surface area contributed by atoms with E-state index >= 15 is 0 Å². The van der Waals surface area contributed by atoms with Crippen LogP contribution in [0.1, 0.15) is 11.1 Å². The third kappa shape index (κ3) is 2.60. The van der Waals surface area contributed by atoms with E-state index in [1.54, 1.807) is 12.1 Å². The Morgan fingerprint density at radius 1 is 1.00 bits per heavy atom. The molecule has 0 aliphatic rings. The van der Waals surface area contributed by atoms with E-state index in [4.69, 9.17) is 0 Å². The molecule has 0 radical (unpaired) electrons. The largest absolute Gasteiger partial charge is 0.207 e. The van der Waals surface area contributed by atoms with Crippen molar-refractivity contribution < 1.29 is 4.39 Å². The van der Waals surface area contributed by atoms with Crippen LogP contribution in [0.15, 0.2) is 53.4 Å². The lowest BCUT2D eigenvalue weighted by Gasteiger charge is -2.04. The van der Waals surface area contributed by atoms with Crippen molar-refractivity contribution in [2.24, 2.45) is 0 Å². The number of benzene rings is 2. The molecule has 0 N–H and O–H groups in total. The Hall–Kier alpha value is -1.28. The Kier molecular flexibility index (Phi) is 3.07. The van der Waals surface area contributed by atoms with Crippen LogP contribution in [0.2, 0.25) is 0 Å². The van der Waals surface area contributed by atoms with E-state index in [1.165, 1.54) is 6.07 Å². The van der Waals surface area contributed by atoms with Gasteiger partial charge in [0.15, 0.2) is 0 Å². The van der Waals surface area contributed by atoms with E-state index in [-0.39, 0.29) is 5.82 Å². The van der Waals surface area contributed by atoms with Gasteiger partial charge in [0.2, 0.25) is 0 Å². The highest BCUT2D eigenvalue weighted by atomic mass is 32.1. The Balaban J connectivity index is 2.26. The molecule has 0 aromatic heterocycles. The van der Waals surface area contributed by atoms with Gasteiger partial charge < -0.3 is 0 Å². The fourth-order valence-corrected chi connectivity index (χ4v) is 1.77. The van der Waals surface area contributed by atoms with Crippen LogP contribution in [0.5, 0.6) is 0 Å². The Bertz CT molecular complexity index is 466. The number of halogens is 1. The van der Waals surface area contributed by atoms with Gasteiger partial charge in [-0.25, -0.2) is 4.39 Å². The van der Waals surface area contributed by atoms with E-state index in [2.05, 4.69) is 12.6 Å². The zero-order chi connectivity index (χ0) is 10.7. The summed E-state index contributed by atoms with van der Waals surface area (Å²) >= 11 is 4.36. The molecule has 0 unspecified atom stereocenters. The first kappa shape index (κ1) is 10.2. The van der Waals surface area contributed by atoms with Gasteiger partial charge in [0, 0.05) is 4.90 Å². The smallest absolute Gasteiger partial charge is 0.123 e. The second-order valence-corrected chi connectivity index (χ2v) is 3.92. The zero-order valence-corrected chi connectivity index (χ0v) is 9.05. The van der Waals surface area contributed by atoms with E-state index in [0.29, 0.717) is 0 Å². The third-order valence-electron chi connectivity index (χ3n) is 2.28. The van der Waals surface area contributed by atoms with E-state index < -0.39 is 0 Å². The molecule has 0 saturated carbocycles. The summed E-state index contributed by atoms with van der Waals surface area (Å²) in [4.78, 5) is 0.946. The van der Waals surface area contributed by atoms with Gasteiger partial charge in [0.05, 0.1) is 0 Å². The minimum absolute atomic E-state index is 0.191. The Morgan fingerprint density at radius 2 is 1.80 bits per heavy atom. The molecule has 0 saturated heterocycles. The lowest BCUT2D eigenvalue weighted by Crippen LogP contribution is -1.90. The zero-order valence-electron chi connectivity index (χ0n) is 8.15. The average Bonchev–Trinajstić information content (AvgIpc) is 2.22. The first-order valence-electron chi connectivity index (χ1n) is 4.77. The van der Waals surface area contributed by atoms with Crippen molar-refractivity contribution in [1.82, 2.24) is 0 Å². The topological polar surface area (TPSA) is 0 Å². The standard InChI is InChI=1S/C13H11FS/c14-12-6-3-4-10(9-12)8-11-5-1-2-7-13(11)15/h1-7,9,15H,8H2. The summed E-state index contributed by atoms with van der Waals surface area (Å²) in [6.45, 7) is 0. The molecule has 2 rings (SSSR count). The van der Waals surface area contributed by atoms with Gasteiger partial charge in [-0.15, -0.1) is 12.6 Å². The number of hydrogen-bond donors (Lipinski definition) is 1. The molecule has 0 amide bonds. The molecule has 76 valence electrons. The molecule has 0 aliphatic carbocycles. The first-order valence-corrected chi connectivity index (χ1v) is 5.22. The molecule has 15 heavy (non-hydrogen) atoms. The summed E-state index contributed by atoms with van der Waals surface area (Å²) in [5.41, 5.74) is 2.09. The Morgan fingerprint density at radius 3 is 2.53 bits per heavy atom. The van der Waals surface area contributed by atoms with Crippen molar-refractivity contribution >= 4 is 12.6 Å². The minimum Gasteiger partial charge on any atom is -0.207 e. The molecular weight excluding hydrogens is 207 g/mol. The molecular formula is C13H11FS. The van der Waals surface area contributed by atoms with Crippen LogP contribution in [0.4, 0.5) is 4.39 Å². The van der Waals surface area contributed by atoms with Gasteiger partial charge in [-0.2, -0.15) is 0 Å². The summed E-state index contributed by atoms with van der Waals surface area (Å²) < 4.78 is 13.0. The third-order valence-corrected chi connectivity index (χ3v) is 2.71. The summed E-state index contributed by atoms with van der Waals surface area (Å²) in [5, 5.41) is 0. The molecule has 0 nitrogen and oxygen atoms in total. The van der Waals surface area contributed by atoms with Crippen molar-refractivity contribution in [3.63, 3.8) is 0 Å². The minimum atomic E-state index is -0.191. The van der Waals surface area contributed by atoms with Crippen LogP contribution < -0.4 is 0 Å². The molecule has 0 fully saturated rings. The van der Waals surface area contributed by atoms with Crippen LogP contribution in [0.25, 0.3) is 0 Å². The van der Waals surface area contributed by atoms with Crippen molar-refractivity contribution in [3.05, 3.63) is 65.5 Å². The lowest BCUT2D eigenvalue weighted by atomic mass is 10.1. The molecule has 2 heteroatoms. The highest BCUT2D eigenvalue weighted by Crippen LogP contribution is 2.17. The highest BCUT2D eigenvalue weighted by molar-refractivity contribution is 7.80. The average molecular weight is 218 g/mol. The van der Waals surface area contributed by atoms with Gasteiger partial charge in [0.1, 0.15) is 5.82 Å². The predicted molar refractivity (Wildman–Crippen MR) is 62.9 cm³/mol. The molecule has 0 atom stereocenters. The fourth-order valence-electron chi connectivity index (χ4n) is 1.53. The van der Waals surface area contributed by atoms with Gasteiger partial charge >= 0.3 is 0 Å². The van der Waals surface area contributed by atoms with Crippen molar-refractivity contribution in [2.75, 3.05) is 0 Å². The van der Waals surface area contributed by atoms with Gasteiger partial charge in [-0.3, -0.25) is 0 Å². The number of rotatable bonds is 2. The monoisotopic (exact) mass is 218 g/mol. The van der Waals surface area contributed by atoms with Gasteiger partial charge in [-0.1, -0.05) is 30.3 Å². The summed E-state index contributed by atoms with van der Waals surface area (Å²) in [6.07, 6.45) is 0.720. The SMILES string of the molecule is Fc1cccc(Cc2ccccc2S)c1. The second kappa shape index (κ2) is 4.49. The number of thiol groups is 1. The maximum atomic E-state index is 13.0. The predicted octanol–water partition coefficient (Wildman–Crippen LogP) is 3.71.